The maximum absolute atomic E-state index is 9.63. The Morgan fingerprint density at radius 3 is 1.45 bits per heavy atom. The number of hydrogen-bond donors (Lipinski definition) is 2. The van der Waals surface area contributed by atoms with Crippen molar-refractivity contribution in [3.8, 4) is 0 Å². The van der Waals surface area contributed by atoms with Gasteiger partial charge in [-0.2, -0.15) is 0 Å². The molecule has 9 nitrogen and oxygen atoms in total. The SMILES string of the molecule is CC(=N\[O-])/C(C)=N/O.CC(=N\[O-])/C(C)=N/O.[CH2-]C1=CCCC1.[Co+3].c1ccncc1. The second kappa shape index (κ2) is 21.4. The van der Waals surface area contributed by atoms with Crippen LogP contribution in [0.1, 0.15) is 47.0 Å². The average Bonchev–Trinajstić information content (AvgIpc) is 3.24. The van der Waals surface area contributed by atoms with E-state index in [9.17, 15) is 10.4 Å². The Balaban J connectivity index is -0.000000309. The largest absolute Gasteiger partial charge is 3.00 e. The van der Waals surface area contributed by atoms with Gasteiger partial charge in [-0.1, -0.05) is 29.2 Å². The molecule has 1 aromatic rings. The fourth-order valence-electron chi connectivity index (χ4n) is 1.33. The van der Waals surface area contributed by atoms with E-state index in [1.165, 1.54) is 52.5 Å². The van der Waals surface area contributed by atoms with E-state index < -0.39 is 0 Å². The van der Waals surface area contributed by atoms with Crippen LogP contribution in [-0.4, -0.2) is 38.2 Å². The van der Waals surface area contributed by atoms with Crippen molar-refractivity contribution in [3.63, 3.8) is 0 Å². The second-order valence-corrected chi connectivity index (χ2v) is 5.50. The molecule has 0 aliphatic heterocycles. The molecular formula is C19H28CoN5O4. The van der Waals surface area contributed by atoms with Crippen LogP contribution >= 0.6 is 0 Å². The smallest absolute Gasteiger partial charge is 0.792 e. The number of rotatable bonds is 2. The second-order valence-electron chi connectivity index (χ2n) is 5.50. The first-order valence-electron chi connectivity index (χ1n) is 8.41. The van der Waals surface area contributed by atoms with Crippen molar-refractivity contribution >= 4 is 22.8 Å². The summed E-state index contributed by atoms with van der Waals surface area (Å²) in [6.07, 6.45) is 9.54. The molecule has 0 fully saturated rings. The van der Waals surface area contributed by atoms with E-state index in [2.05, 4.69) is 38.6 Å². The zero-order valence-electron chi connectivity index (χ0n) is 17.1. The van der Waals surface area contributed by atoms with Gasteiger partial charge in [0.15, 0.2) is 0 Å². The van der Waals surface area contributed by atoms with Crippen molar-refractivity contribution in [3.05, 3.63) is 59.6 Å². The molecular weight excluding hydrogens is 421 g/mol. The number of pyridine rings is 1. The first kappa shape index (κ1) is 30.9. The molecule has 0 bridgehead atoms. The Hall–Kier alpha value is -2.85. The van der Waals surface area contributed by atoms with Crippen LogP contribution in [0.15, 0.2) is 62.9 Å². The van der Waals surface area contributed by atoms with Crippen molar-refractivity contribution in [1.82, 2.24) is 4.98 Å². The van der Waals surface area contributed by atoms with Gasteiger partial charge >= 0.3 is 16.8 Å². The van der Waals surface area contributed by atoms with Gasteiger partial charge in [-0.3, -0.25) is 4.98 Å². The Kier molecular flexibility index (Phi) is 22.8. The summed E-state index contributed by atoms with van der Waals surface area (Å²) >= 11 is 0. The molecule has 1 heterocycles. The summed E-state index contributed by atoms with van der Waals surface area (Å²) in [6.45, 7) is 9.74. The first-order valence-corrected chi connectivity index (χ1v) is 8.41. The molecule has 1 aliphatic rings. The van der Waals surface area contributed by atoms with E-state index in [1.54, 1.807) is 12.4 Å². The third-order valence-electron chi connectivity index (χ3n) is 3.32. The summed E-state index contributed by atoms with van der Waals surface area (Å²) in [7, 11) is 0. The number of allylic oxidation sites excluding steroid dienone is 2. The molecule has 0 radical (unpaired) electrons. The third-order valence-corrected chi connectivity index (χ3v) is 3.32. The van der Waals surface area contributed by atoms with E-state index >= 15 is 0 Å². The molecule has 2 N–H and O–H groups in total. The molecule has 0 saturated heterocycles. The molecule has 0 unspecified atom stereocenters. The summed E-state index contributed by atoms with van der Waals surface area (Å²) < 4.78 is 0. The summed E-state index contributed by atoms with van der Waals surface area (Å²) in [5.74, 6) is 0. The zero-order valence-corrected chi connectivity index (χ0v) is 18.1. The van der Waals surface area contributed by atoms with Gasteiger partial charge in [-0.25, -0.2) is 18.6 Å². The predicted octanol–water partition coefficient (Wildman–Crippen LogP) is 4.60. The van der Waals surface area contributed by atoms with Crippen molar-refractivity contribution in [2.75, 3.05) is 0 Å². The topological polar surface area (TPSA) is 149 Å². The summed E-state index contributed by atoms with van der Waals surface area (Å²) in [5, 5.41) is 45.8. The molecule has 0 atom stereocenters. The molecule has 1 aromatic heterocycles. The maximum atomic E-state index is 9.63. The minimum absolute atomic E-state index is 0. The molecule has 0 amide bonds. The van der Waals surface area contributed by atoms with Crippen LogP contribution in [0.5, 0.6) is 0 Å². The zero-order chi connectivity index (χ0) is 21.8. The number of aromatic nitrogens is 1. The molecule has 162 valence electrons. The molecule has 1 aliphatic carbocycles. The van der Waals surface area contributed by atoms with Gasteiger partial charge < -0.3 is 31.1 Å². The molecule has 0 aromatic carbocycles. The summed E-state index contributed by atoms with van der Waals surface area (Å²) in [6, 6.07) is 5.72. The summed E-state index contributed by atoms with van der Waals surface area (Å²) in [5.41, 5.74) is 2.23. The fourth-order valence-corrected chi connectivity index (χ4v) is 1.33. The Bertz CT molecular complexity index is 584. The fraction of sp³-hybridized carbons (Fsp3) is 0.368. The van der Waals surface area contributed by atoms with Crippen LogP contribution in [0, 0.1) is 17.3 Å². The Morgan fingerprint density at radius 1 is 0.897 bits per heavy atom. The average molecular weight is 449 g/mol. The van der Waals surface area contributed by atoms with Crippen LogP contribution in [0.3, 0.4) is 0 Å². The molecule has 0 saturated carbocycles. The number of nitrogens with zero attached hydrogens (tertiary/aromatic N) is 5. The van der Waals surface area contributed by atoms with Gasteiger partial charge in [0, 0.05) is 12.4 Å². The van der Waals surface area contributed by atoms with Gasteiger partial charge in [-0.15, -0.1) is 6.42 Å². The normalized spacial score (nSPS) is 13.9. The molecule has 0 spiro atoms. The Labute approximate surface area is 182 Å². The molecule has 29 heavy (non-hydrogen) atoms. The van der Waals surface area contributed by atoms with Gasteiger partial charge in [0.2, 0.25) is 0 Å². The van der Waals surface area contributed by atoms with Crippen LogP contribution in [0.4, 0.5) is 0 Å². The van der Waals surface area contributed by atoms with Crippen LogP contribution in [0.2, 0.25) is 0 Å². The van der Waals surface area contributed by atoms with E-state index in [-0.39, 0.29) is 39.6 Å². The van der Waals surface area contributed by atoms with E-state index in [4.69, 9.17) is 10.4 Å². The van der Waals surface area contributed by atoms with E-state index in [1.807, 2.05) is 18.2 Å². The van der Waals surface area contributed by atoms with Crippen molar-refractivity contribution in [1.29, 1.82) is 0 Å². The monoisotopic (exact) mass is 449 g/mol. The molecule has 10 heteroatoms. The van der Waals surface area contributed by atoms with E-state index in [0.29, 0.717) is 0 Å². The minimum atomic E-state index is 0. The van der Waals surface area contributed by atoms with Crippen LogP contribution < -0.4 is 0 Å². The standard InChI is InChI=1S/C6H9.C5H5N.2C4H8N2O2.Co/c1-6-4-2-3-5-6;1-2-4-6-5-3-1;2*1-3(5-7)4(2)6-8;/h4H,1-3,5H2;1-5H;2*7-8H,1-2H3;/q-1;;;;+3/p-2/b;;2*5-3+,6-4+;. The van der Waals surface area contributed by atoms with Crippen molar-refractivity contribution < 1.29 is 27.2 Å². The Morgan fingerprint density at radius 2 is 1.34 bits per heavy atom. The van der Waals surface area contributed by atoms with Gasteiger partial charge in [0.1, 0.15) is 0 Å². The predicted molar refractivity (Wildman–Crippen MR) is 114 cm³/mol. The number of oxime groups is 2. The van der Waals surface area contributed by atoms with Gasteiger partial charge in [-0.05, 0) is 39.8 Å². The van der Waals surface area contributed by atoms with Crippen molar-refractivity contribution in [2.24, 2.45) is 20.6 Å². The van der Waals surface area contributed by atoms with Gasteiger partial charge in [0.25, 0.3) is 0 Å². The quantitative estimate of drug-likeness (QED) is 0.293. The van der Waals surface area contributed by atoms with Crippen LogP contribution in [0.25, 0.3) is 0 Å². The van der Waals surface area contributed by atoms with Crippen LogP contribution in [-0.2, 0) is 16.8 Å². The van der Waals surface area contributed by atoms with Crippen molar-refractivity contribution in [2.45, 2.75) is 47.0 Å². The summed E-state index contributed by atoms with van der Waals surface area (Å²) in [4.78, 5) is 3.78. The van der Waals surface area contributed by atoms with E-state index in [0.717, 1.165) is 0 Å². The molecule has 2 rings (SSSR count). The van der Waals surface area contributed by atoms with Gasteiger partial charge in [0.05, 0.1) is 22.8 Å². The minimum Gasteiger partial charge on any atom is -0.792 e. The number of hydrogen-bond acceptors (Lipinski definition) is 9. The third kappa shape index (κ3) is 19.7. The first-order chi connectivity index (χ1) is 13.3. The maximum Gasteiger partial charge on any atom is 3.00 e.